The number of rotatable bonds is 6. The topological polar surface area (TPSA) is 81.8 Å². The molecule has 2 aliphatic heterocycles. The van der Waals surface area contributed by atoms with Gasteiger partial charge in [0.15, 0.2) is 5.11 Å². The number of pyridine rings is 1. The zero-order valence-corrected chi connectivity index (χ0v) is 24.5. The Labute approximate surface area is 249 Å². The van der Waals surface area contributed by atoms with Crippen LogP contribution in [0.4, 0.5) is 11.4 Å². The van der Waals surface area contributed by atoms with E-state index in [0.717, 1.165) is 60.0 Å². The van der Waals surface area contributed by atoms with E-state index in [0.29, 0.717) is 21.7 Å². The van der Waals surface area contributed by atoms with E-state index in [1.165, 1.54) is 0 Å². The average molecular weight is 587 g/mol. The highest BCUT2D eigenvalue weighted by Gasteiger charge is 2.43. The molecule has 0 bridgehead atoms. The Morgan fingerprint density at radius 1 is 1.10 bits per heavy atom. The standard InChI is InChI=1S/C32H31ClN4O3S/c1-19-12-15-36(16-13-19)26-9-7-22(18-24(26)33)37-30(29(35-32(37)41)25-5-3-4-14-34-25)28-11-10-27(40-28)23-8-6-21(31(38)39)17-20(23)2/h3-11,14,17-19,29-30H,12-13,15-16H2,1-2H3,(H,35,41)(H,38,39)/t29-,30-/m0/s1. The number of carbonyl (C=O) groups is 1. The van der Waals surface area contributed by atoms with Gasteiger partial charge < -0.3 is 24.6 Å². The molecule has 2 fully saturated rings. The Bertz CT molecular complexity index is 1600. The molecule has 0 saturated carbocycles. The van der Waals surface area contributed by atoms with Gasteiger partial charge in [-0.1, -0.05) is 30.7 Å². The second-order valence-corrected chi connectivity index (χ2v) is 11.6. The van der Waals surface area contributed by atoms with Gasteiger partial charge in [-0.05, 0) is 98.1 Å². The first-order valence-electron chi connectivity index (χ1n) is 13.8. The van der Waals surface area contributed by atoms with E-state index in [9.17, 15) is 9.90 Å². The summed E-state index contributed by atoms with van der Waals surface area (Å²) in [5, 5.41) is 14.1. The van der Waals surface area contributed by atoms with E-state index in [1.54, 1.807) is 24.4 Å². The fraction of sp³-hybridized carbons (Fsp3) is 0.281. The molecule has 210 valence electrons. The zero-order chi connectivity index (χ0) is 28.7. The Hall–Kier alpha value is -3.88. The molecule has 0 radical (unpaired) electrons. The molecular formula is C32H31ClN4O3S. The minimum atomic E-state index is -0.960. The number of aromatic nitrogens is 1. The molecule has 0 spiro atoms. The number of hydrogen-bond donors (Lipinski definition) is 2. The number of carboxylic acids is 1. The number of thiocarbonyl (C=S) groups is 1. The van der Waals surface area contributed by atoms with Crippen LogP contribution in [0.2, 0.25) is 5.02 Å². The van der Waals surface area contributed by atoms with E-state index < -0.39 is 5.97 Å². The maximum absolute atomic E-state index is 11.4. The molecule has 0 aliphatic carbocycles. The van der Waals surface area contributed by atoms with Crippen LogP contribution < -0.4 is 15.1 Å². The third kappa shape index (κ3) is 5.29. The predicted molar refractivity (Wildman–Crippen MR) is 166 cm³/mol. The number of nitrogens with zero attached hydrogens (tertiary/aromatic N) is 3. The first-order chi connectivity index (χ1) is 19.8. The van der Waals surface area contributed by atoms with E-state index in [1.807, 2.05) is 48.2 Å². The van der Waals surface area contributed by atoms with E-state index in [2.05, 4.69) is 34.3 Å². The quantitative estimate of drug-likeness (QED) is 0.226. The lowest BCUT2D eigenvalue weighted by molar-refractivity contribution is 0.0696. The second kappa shape index (κ2) is 11.2. The number of furan rings is 1. The summed E-state index contributed by atoms with van der Waals surface area (Å²) in [5.41, 5.74) is 4.64. The Morgan fingerprint density at radius 3 is 2.59 bits per heavy atom. The summed E-state index contributed by atoms with van der Waals surface area (Å²) in [6.45, 7) is 6.17. The van der Waals surface area contributed by atoms with Crippen LogP contribution in [0, 0.1) is 12.8 Å². The first kappa shape index (κ1) is 27.3. The van der Waals surface area contributed by atoms with Crippen LogP contribution >= 0.6 is 23.8 Å². The lowest BCUT2D eigenvalue weighted by Gasteiger charge is -2.33. The van der Waals surface area contributed by atoms with Gasteiger partial charge in [-0.3, -0.25) is 4.98 Å². The minimum Gasteiger partial charge on any atom is -0.478 e. The minimum absolute atomic E-state index is 0.240. The number of piperidine rings is 1. The summed E-state index contributed by atoms with van der Waals surface area (Å²) in [4.78, 5) is 20.5. The normalized spacial score (nSPS) is 19.4. The largest absolute Gasteiger partial charge is 0.478 e. The Kier molecular flexibility index (Phi) is 7.45. The smallest absolute Gasteiger partial charge is 0.335 e. The second-order valence-electron chi connectivity index (χ2n) is 10.8. The molecule has 7 nitrogen and oxygen atoms in total. The predicted octanol–water partition coefficient (Wildman–Crippen LogP) is 7.42. The van der Waals surface area contributed by atoms with Crippen molar-refractivity contribution >= 4 is 46.3 Å². The van der Waals surface area contributed by atoms with Gasteiger partial charge in [0.1, 0.15) is 17.6 Å². The Balaban J connectivity index is 1.38. The van der Waals surface area contributed by atoms with Gasteiger partial charge in [0.05, 0.1) is 28.0 Å². The SMILES string of the molecule is Cc1cc(C(=O)O)ccc1-c1ccc([C@H]2[C@H](c3ccccn3)NC(=S)N2c2ccc(N3CCC(C)CC3)c(Cl)c2)o1. The average Bonchev–Trinajstić information content (AvgIpc) is 3.58. The maximum atomic E-state index is 11.4. The van der Waals surface area contributed by atoms with Crippen molar-refractivity contribution in [1.29, 1.82) is 0 Å². The summed E-state index contributed by atoms with van der Waals surface area (Å²) in [7, 11) is 0. The van der Waals surface area contributed by atoms with Crippen LogP contribution in [0.15, 0.2) is 77.3 Å². The number of aryl methyl sites for hydroxylation is 1. The van der Waals surface area contributed by atoms with Crippen LogP contribution in [0.1, 0.15) is 59.2 Å². The van der Waals surface area contributed by atoms with Crippen molar-refractivity contribution in [2.24, 2.45) is 5.92 Å². The van der Waals surface area contributed by atoms with Crippen LogP contribution in [-0.2, 0) is 0 Å². The molecular weight excluding hydrogens is 556 g/mol. The number of anilines is 2. The molecule has 4 aromatic rings. The monoisotopic (exact) mass is 586 g/mol. The number of halogens is 1. The molecule has 2 aromatic heterocycles. The first-order valence-corrected chi connectivity index (χ1v) is 14.6. The van der Waals surface area contributed by atoms with Crippen LogP contribution in [0.25, 0.3) is 11.3 Å². The fourth-order valence-corrected chi connectivity index (χ4v) is 6.44. The molecule has 2 atom stereocenters. The summed E-state index contributed by atoms with van der Waals surface area (Å²) in [6, 6.07) is 20.3. The van der Waals surface area contributed by atoms with Crippen molar-refractivity contribution in [3.05, 3.63) is 101 Å². The maximum Gasteiger partial charge on any atom is 0.335 e. The highest BCUT2D eigenvalue weighted by atomic mass is 35.5. The highest BCUT2D eigenvalue weighted by molar-refractivity contribution is 7.80. The molecule has 4 heterocycles. The number of aromatic carboxylic acids is 1. The molecule has 2 saturated heterocycles. The Morgan fingerprint density at radius 2 is 1.90 bits per heavy atom. The van der Waals surface area contributed by atoms with Gasteiger partial charge in [0.25, 0.3) is 0 Å². The zero-order valence-electron chi connectivity index (χ0n) is 22.9. The van der Waals surface area contributed by atoms with Crippen molar-refractivity contribution in [3.8, 4) is 11.3 Å². The third-order valence-electron chi connectivity index (χ3n) is 8.09. The van der Waals surface area contributed by atoms with Crippen LogP contribution in [0.3, 0.4) is 0 Å². The number of benzene rings is 2. The summed E-state index contributed by atoms with van der Waals surface area (Å²) in [6.07, 6.45) is 4.09. The summed E-state index contributed by atoms with van der Waals surface area (Å²) in [5.74, 6) is 1.13. The lowest BCUT2D eigenvalue weighted by Crippen LogP contribution is -2.33. The molecule has 2 aromatic carbocycles. The number of hydrogen-bond acceptors (Lipinski definition) is 5. The van der Waals surface area contributed by atoms with Crippen molar-refractivity contribution in [2.75, 3.05) is 22.9 Å². The number of carboxylic acid groups (broad SMARTS) is 1. The van der Waals surface area contributed by atoms with Gasteiger partial charge in [-0.25, -0.2) is 4.79 Å². The third-order valence-corrected chi connectivity index (χ3v) is 8.71. The van der Waals surface area contributed by atoms with Gasteiger partial charge in [-0.2, -0.15) is 0 Å². The molecule has 41 heavy (non-hydrogen) atoms. The van der Waals surface area contributed by atoms with Crippen LogP contribution in [0.5, 0.6) is 0 Å². The van der Waals surface area contributed by atoms with Crippen molar-refractivity contribution in [2.45, 2.75) is 38.8 Å². The van der Waals surface area contributed by atoms with Gasteiger partial charge >= 0.3 is 5.97 Å². The highest BCUT2D eigenvalue weighted by Crippen LogP contribution is 2.44. The van der Waals surface area contributed by atoms with Gasteiger partial charge in [0, 0.05) is 30.5 Å². The van der Waals surface area contributed by atoms with E-state index in [-0.39, 0.29) is 17.6 Å². The van der Waals surface area contributed by atoms with Crippen molar-refractivity contribution in [1.82, 2.24) is 10.3 Å². The molecule has 0 unspecified atom stereocenters. The molecule has 2 aliphatic rings. The van der Waals surface area contributed by atoms with Crippen molar-refractivity contribution < 1.29 is 14.3 Å². The van der Waals surface area contributed by atoms with E-state index in [4.69, 9.17) is 28.2 Å². The molecule has 6 rings (SSSR count). The molecule has 2 N–H and O–H groups in total. The fourth-order valence-electron chi connectivity index (χ4n) is 5.80. The van der Waals surface area contributed by atoms with E-state index >= 15 is 0 Å². The van der Waals surface area contributed by atoms with Gasteiger partial charge in [-0.15, -0.1) is 0 Å². The molecule has 0 amide bonds. The summed E-state index contributed by atoms with van der Waals surface area (Å²) < 4.78 is 6.49. The number of nitrogens with one attached hydrogen (secondary N) is 1. The summed E-state index contributed by atoms with van der Waals surface area (Å²) >= 11 is 12.8. The van der Waals surface area contributed by atoms with Crippen molar-refractivity contribution in [3.63, 3.8) is 0 Å². The van der Waals surface area contributed by atoms with Crippen LogP contribution in [-0.4, -0.2) is 34.3 Å². The van der Waals surface area contributed by atoms with Gasteiger partial charge in [0.2, 0.25) is 0 Å². The molecule has 9 heteroatoms. The lowest BCUT2D eigenvalue weighted by atomic mass is 9.98.